The van der Waals surface area contributed by atoms with Crippen LogP contribution >= 0.6 is 0 Å². The number of aromatic nitrogens is 2. The van der Waals surface area contributed by atoms with Gasteiger partial charge in [0.2, 0.25) is 0 Å². The highest BCUT2D eigenvalue weighted by Crippen LogP contribution is 2.41. The van der Waals surface area contributed by atoms with Gasteiger partial charge < -0.3 is 4.57 Å². The summed E-state index contributed by atoms with van der Waals surface area (Å²) in [6.07, 6.45) is 12.7. The molecule has 1 aromatic carbocycles. The van der Waals surface area contributed by atoms with E-state index in [0.29, 0.717) is 12.0 Å². The second-order valence-corrected chi connectivity index (χ2v) is 9.12. The lowest BCUT2D eigenvalue weighted by Crippen LogP contribution is -2.35. The Labute approximate surface area is 176 Å². The molecule has 2 aliphatic rings. The fraction of sp³-hybridized carbons (Fsp3) is 0.500. The number of para-hydroxylation sites is 1. The van der Waals surface area contributed by atoms with Crippen LogP contribution in [0.3, 0.4) is 0 Å². The first-order chi connectivity index (χ1) is 14.0. The van der Waals surface area contributed by atoms with Crippen molar-refractivity contribution in [3.8, 4) is 5.69 Å². The van der Waals surface area contributed by atoms with Crippen LogP contribution in [0, 0.1) is 19.8 Å². The molecule has 0 bridgehead atoms. The molecule has 3 nitrogen and oxygen atoms in total. The summed E-state index contributed by atoms with van der Waals surface area (Å²) < 4.78 is 2.35. The topological polar surface area (TPSA) is 21.1 Å². The van der Waals surface area contributed by atoms with Crippen molar-refractivity contribution in [2.75, 3.05) is 6.54 Å². The van der Waals surface area contributed by atoms with Crippen molar-refractivity contribution in [2.24, 2.45) is 5.92 Å². The summed E-state index contributed by atoms with van der Waals surface area (Å²) in [5.41, 5.74) is 6.77. The summed E-state index contributed by atoms with van der Waals surface area (Å²) in [6.45, 7) is 14.3. The van der Waals surface area contributed by atoms with Crippen molar-refractivity contribution in [1.82, 2.24) is 14.5 Å². The lowest BCUT2D eigenvalue weighted by molar-refractivity contribution is 0.201. The zero-order valence-electron chi connectivity index (χ0n) is 18.5. The van der Waals surface area contributed by atoms with Gasteiger partial charge in [0.15, 0.2) is 0 Å². The summed E-state index contributed by atoms with van der Waals surface area (Å²) in [5, 5.41) is 0. The average Bonchev–Trinajstić information content (AvgIpc) is 3.33. The molecule has 3 unspecified atom stereocenters. The van der Waals surface area contributed by atoms with Crippen LogP contribution in [0.25, 0.3) is 5.69 Å². The minimum Gasteiger partial charge on any atom is -0.302 e. The third kappa shape index (κ3) is 3.85. The quantitative estimate of drug-likeness (QED) is 0.558. The van der Waals surface area contributed by atoms with Gasteiger partial charge in [-0.3, -0.25) is 4.90 Å². The molecule has 0 saturated carbocycles. The Kier molecular flexibility index (Phi) is 5.78. The van der Waals surface area contributed by atoms with Gasteiger partial charge in [0.05, 0.1) is 11.7 Å². The van der Waals surface area contributed by atoms with Crippen LogP contribution in [0.1, 0.15) is 68.9 Å². The first kappa shape index (κ1) is 20.2. The maximum Gasteiger partial charge on any atom is 0.134 e. The van der Waals surface area contributed by atoms with Gasteiger partial charge in [-0.1, -0.05) is 36.4 Å². The molecule has 29 heavy (non-hydrogen) atoms. The van der Waals surface area contributed by atoms with Crippen LogP contribution in [0.5, 0.6) is 0 Å². The second-order valence-electron chi connectivity index (χ2n) is 9.12. The van der Waals surface area contributed by atoms with Crippen LogP contribution in [-0.2, 0) is 0 Å². The Morgan fingerprint density at radius 3 is 2.55 bits per heavy atom. The number of imidazole rings is 1. The van der Waals surface area contributed by atoms with Gasteiger partial charge in [-0.25, -0.2) is 4.98 Å². The number of aryl methyl sites for hydroxylation is 2. The summed E-state index contributed by atoms with van der Waals surface area (Å²) >= 11 is 0. The molecule has 1 aliphatic heterocycles. The molecule has 2 aromatic rings. The minimum absolute atomic E-state index is 0.271. The smallest absolute Gasteiger partial charge is 0.134 e. The number of allylic oxidation sites excluding steroid dienone is 2. The third-order valence-electron chi connectivity index (χ3n) is 7.02. The van der Waals surface area contributed by atoms with E-state index in [-0.39, 0.29) is 6.04 Å². The van der Waals surface area contributed by atoms with E-state index in [1.807, 2.05) is 6.20 Å². The Morgan fingerprint density at radius 2 is 1.97 bits per heavy atom. The fourth-order valence-electron chi connectivity index (χ4n) is 5.31. The van der Waals surface area contributed by atoms with Crippen molar-refractivity contribution in [1.29, 1.82) is 0 Å². The zero-order chi connectivity index (χ0) is 20.5. The van der Waals surface area contributed by atoms with Gasteiger partial charge in [-0.2, -0.15) is 0 Å². The number of rotatable bonds is 5. The van der Waals surface area contributed by atoms with Crippen LogP contribution in [0.15, 0.2) is 54.4 Å². The van der Waals surface area contributed by atoms with Gasteiger partial charge >= 0.3 is 0 Å². The molecule has 0 N–H and O–H groups in total. The van der Waals surface area contributed by atoms with E-state index < -0.39 is 0 Å². The number of nitrogens with zero attached hydrogens (tertiary/aromatic N) is 3. The molecule has 2 heterocycles. The minimum atomic E-state index is 0.271. The van der Waals surface area contributed by atoms with Gasteiger partial charge in [-0.05, 0) is 89.0 Å². The first-order valence-corrected chi connectivity index (χ1v) is 11.2. The maximum absolute atomic E-state index is 4.95. The largest absolute Gasteiger partial charge is 0.302 e. The van der Waals surface area contributed by atoms with E-state index in [1.54, 1.807) is 5.57 Å². The zero-order valence-corrected chi connectivity index (χ0v) is 18.5. The van der Waals surface area contributed by atoms with E-state index in [9.17, 15) is 0 Å². The lowest BCUT2D eigenvalue weighted by Gasteiger charge is -2.36. The lowest BCUT2D eigenvalue weighted by atomic mass is 9.82. The van der Waals surface area contributed by atoms with Crippen molar-refractivity contribution < 1.29 is 0 Å². The van der Waals surface area contributed by atoms with Gasteiger partial charge in [0, 0.05) is 18.4 Å². The van der Waals surface area contributed by atoms with E-state index in [1.165, 1.54) is 47.5 Å². The highest BCUT2D eigenvalue weighted by molar-refractivity contribution is 5.48. The van der Waals surface area contributed by atoms with E-state index >= 15 is 0 Å². The van der Waals surface area contributed by atoms with Crippen LogP contribution in [0.2, 0.25) is 0 Å². The monoisotopic (exact) mass is 389 g/mol. The molecule has 4 rings (SSSR count). The van der Waals surface area contributed by atoms with Gasteiger partial charge in [-0.15, -0.1) is 0 Å². The number of benzene rings is 1. The van der Waals surface area contributed by atoms with E-state index in [4.69, 9.17) is 4.98 Å². The molecular weight excluding hydrogens is 354 g/mol. The van der Waals surface area contributed by atoms with Crippen LogP contribution in [0.4, 0.5) is 0 Å². The number of hydrogen-bond acceptors (Lipinski definition) is 2. The maximum atomic E-state index is 4.95. The highest BCUT2D eigenvalue weighted by atomic mass is 15.2. The highest BCUT2D eigenvalue weighted by Gasteiger charge is 2.35. The Balaban J connectivity index is 1.78. The number of likely N-dealkylation sites (tertiary alicyclic amines) is 1. The molecule has 3 heteroatoms. The summed E-state index contributed by atoms with van der Waals surface area (Å²) in [4.78, 5) is 7.64. The summed E-state index contributed by atoms with van der Waals surface area (Å²) in [5.74, 6) is 1.81. The van der Waals surface area contributed by atoms with E-state index in [2.05, 4.69) is 74.2 Å². The molecule has 154 valence electrons. The molecule has 3 atom stereocenters. The van der Waals surface area contributed by atoms with Crippen molar-refractivity contribution in [2.45, 2.75) is 71.9 Å². The van der Waals surface area contributed by atoms with Gasteiger partial charge in [0.25, 0.3) is 0 Å². The summed E-state index contributed by atoms with van der Waals surface area (Å²) in [6, 6.07) is 7.43. The van der Waals surface area contributed by atoms with E-state index in [0.717, 1.165) is 19.4 Å². The fourth-order valence-corrected chi connectivity index (χ4v) is 5.31. The van der Waals surface area contributed by atoms with Gasteiger partial charge in [0.1, 0.15) is 5.82 Å². The number of hydrogen-bond donors (Lipinski definition) is 0. The Morgan fingerprint density at radius 1 is 1.21 bits per heavy atom. The third-order valence-corrected chi connectivity index (χ3v) is 7.02. The van der Waals surface area contributed by atoms with Crippen molar-refractivity contribution >= 4 is 0 Å². The predicted octanol–water partition coefficient (Wildman–Crippen LogP) is 6.32. The Bertz CT molecular complexity index is 900. The average molecular weight is 390 g/mol. The Hall–Kier alpha value is -2.13. The molecule has 1 aromatic heterocycles. The van der Waals surface area contributed by atoms with Crippen molar-refractivity contribution in [3.63, 3.8) is 0 Å². The molecule has 0 amide bonds. The molecule has 1 saturated heterocycles. The molecule has 1 aliphatic carbocycles. The van der Waals surface area contributed by atoms with Crippen LogP contribution < -0.4 is 0 Å². The SMILES string of the molecule is C=C(C)C1CC=C(C(c2nccn2-c2c(C)cccc2C)N2CCCC2C)CC1. The summed E-state index contributed by atoms with van der Waals surface area (Å²) in [7, 11) is 0. The van der Waals surface area contributed by atoms with Crippen molar-refractivity contribution in [3.05, 3.63) is 71.3 Å². The normalized spacial score (nSPS) is 23.8. The molecule has 0 radical (unpaired) electrons. The molecular formula is C26H35N3. The van der Waals surface area contributed by atoms with Crippen LogP contribution in [-0.4, -0.2) is 27.0 Å². The molecule has 0 spiro atoms. The predicted molar refractivity (Wildman–Crippen MR) is 121 cm³/mol. The molecule has 1 fully saturated rings. The second kappa shape index (κ2) is 8.31. The standard InChI is InChI=1S/C26H35N3/c1-18(2)22-11-13-23(14-12-22)25(28-16-7-10-21(28)5)26-27-15-17-29(26)24-19(3)8-6-9-20(24)4/h6,8-9,13,15,17,21-22,25H,1,7,10-12,14,16H2,2-5H3. The first-order valence-electron chi connectivity index (χ1n) is 11.2.